The normalized spacial score (nSPS) is 19.7. The van der Waals surface area contributed by atoms with Gasteiger partial charge in [0.2, 0.25) is 0 Å². The van der Waals surface area contributed by atoms with Gasteiger partial charge in [0, 0.05) is 23.5 Å². The van der Waals surface area contributed by atoms with Crippen molar-refractivity contribution in [2.24, 2.45) is 0 Å². The van der Waals surface area contributed by atoms with E-state index in [0.717, 1.165) is 19.4 Å². The lowest BCUT2D eigenvalue weighted by atomic mass is 10.1. The maximum Gasteiger partial charge on any atom is 0.253 e. The van der Waals surface area contributed by atoms with Gasteiger partial charge in [-0.15, -0.1) is 0 Å². The number of rotatable bonds is 2. The van der Waals surface area contributed by atoms with E-state index < -0.39 is 5.82 Å². The van der Waals surface area contributed by atoms with Crippen LogP contribution in [0.15, 0.2) is 18.2 Å². The Kier molecular flexibility index (Phi) is 4.22. The number of piperidine rings is 1. The van der Waals surface area contributed by atoms with Crippen LogP contribution >= 0.6 is 15.9 Å². The average molecular weight is 316 g/mol. The lowest BCUT2D eigenvalue weighted by Gasteiger charge is -2.30. The zero-order chi connectivity index (χ0) is 13.1. The number of alkyl halides is 1. The first-order valence-electron chi connectivity index (χ1n) is 5.88. The molecule has 2 rings (SSSR count). The number of benzene rings is 1. The van der Waals surface area contributed by atoms with Crippen LogP contribution < -0.4 is 4.74 Å². The van der Waals surface area contributed by atoms with Crippen LogP contribution in [0.3, 0.4) is 0 Å². The minimum Gasteiger partial charge on any atom is -0.494 e. The van der Waals surface area contributed by atoms with E-state index in [1.165, 1.54) is 19.2 Å². The molecule has 1 aromatic rings. The number of halogens is 2. The number of likely N-dealkylation sites (tertiary alicyclic amines) is 1. The van der Waals surface area contributed by atoms with Crippen LogP contribution in [0.4, 0.5) is 4.39 Å². The maximum absolute atomic E-state index is 13.5. The van der Waals surface area contributed by atoms with Crippen molar-refractivity contribution in [3.63, 3.8) is 0 Å². The molecule has 1 aliphatic rings. The second-order valence-corrected chi connectivity index (χ2v) is 5.63. The quantitative estimate of drug-likeness (QED) is 0.785. The van der Waals surface area contributed by atoms with E-state index in [-0.39, 0.29) is 11.7 Å². The summed E-state index contributed by atoms with van der Waals surface area (Å²) in [6.45, 7) is 1.40. The number of hydrogen-bond acceptors (Lipinski definition) is 2. The number of nitrogens with zero attached hydrogens (tertiary/aromatic N) is 1. The van der Waals surface area contributed by atoms with Gasteiger partial charge >= 0.3 is 0 Å². The fourth-order valence-corrected chi connectivity index (χ4v) is 2.77. The number of hydrogen-bond donors (Lipinski definition) is 0. The molecule has 0 aliphatic carbocycles. The van der Waals surface area contributed by atoms with Crippen LogP contribution in [0, 0.1) is 5.82 Å². The van der Waals surface area contributed by atoms with Crippen molar-refractivity contribution < 1.29 is 13.9 Å². The first-order valence-corrected chi connectivity index (χ1v) is 6.80. The second-order valence-electron chi connectivity index (χ2n) is 4.34. The third-order valence-electron chi connectivity index (χ3n) is 3.05. The highest BCUT2D eigenvalue weighted by Crippen LogP contribution is 2.22. The first kappa shape index (κ1) is 13.3. The molecule has 98 valence electrons. The topological polar surface area (TPSA) is 29.5 Å². The van der Waals surface area contributed by atoms with E-state index in [2.05, 4.69) is 15.9 Å². The average Bonchev–Trinajstić information content (AvgIpc) is 2.37. The van der Waals surface area contributed by atoms with Crippen molar-refractivity contribution >= 4 is 21.8 Å². The van der Waals surface area contributed by atoms with E-state index in [9.17, 15) is 9.18 Å². The van der Waals surface area contributed by atoms with Gasteiger partial charge in [-0.2, -0.15) is 0 Å². The minimum atomic E-state index is -0.504. The van der Waals surface area contributed by atoms with E-state index in [1.54, 1.807) is 11.0 Å². The maximum atomic E-state index is 13.5. The smallest absolute Gasteiger partial charge is 0.253 e. The van der Waals surface area contributed by atoms with Crippen LogP contribution in [-0.2, 0) is 0 Å². The van der Waals surface area contributed by atoms with Crippen molar-refractivity contribution in [3.8, 4) is 5.75 Å². The summed E-state index contributed by atoms with van der Waals surface area (Å²) in [5.41, 5.74) is 0.370. The van der Waals surface area contributed by atoms with Gasteiger partial charge < -0.3 is 9.64 Å². The number of methoxy groups -OCH3 is 1. The number of carbonyl (C=O) groups is 1. The van der Waals surface area contributed by atoms with E-state index >= 15 is 0 Å². The molecule has 1 saturated heterocycles. The molecule has 0 saturated carbocycles. The molecule has 0 radical (unpaired) electrons. The molecule has 1 amide bonds. The highest BCUT2D eigenvalue weighted by Gasteiger charge is 2.23. The zero-order valence-electron chi connectivity index (χ0n) is 10.2. The molecule has 3 nitrogen and oxygen atoms in total. The molecule has 18 heavy (non-hydrogen) atoms. The summed E-state index contributed by atoms with van der Waals surface area (Å²) >= 11 is 3.52. The van der Waals surface area contributed by atoms with E-state index in [4.69, 9.17) is 4.74 Å². The van der Waals surface area contributed by atoms with Crippen LogP contribution in [0.5, 0.6) is 5.75 Å². The predicted octanol–water partition coefficient (Wildman–Crippen LogP) is 2.83. The lowest BCUT2D eigenvalue weighted by Crippen LogP contribution is -2.40. The van der Waals surface area contributed by atoms with Gasteiger partial charge in [0.1, 0.15) is 0 Å². The monoisotopic (exact) mass is 315 g/mol. The molecular weight excluding hydrogens is 301 g/mol. The fourth-order valence-electron chi connectivity index (χ4n) is 2.09. The van der Waals surface area contributed by atoms with Gasteiger partial charge in [-0.25, -0.2) is 4.39 Å². The molecule has 1 fully saturated rings. The minimum absolute atomic E-state index is 0.124. The molecule has 1 aliphatic heterocycles. The molecule has 0 spiro atoms. The Morgan fingerprint density at radius 3 is 2.94 bits per heavy atom. The number of ether oxygens (including phenoxy) is 1. The summed E-state index contributed by atoms with van der Waals surface area (Å²) in [5, 5.41) is 0. The Labute approximate surface area is 114 Å². The Morgan fingerprint density at radius 2 is 2.33 bits per heavy atom. The highest BCUT2D eigenvalue weighted by atomic mass is 79.9. The summed E-state index contributed by atoms with van der Waals surface area (Å²) in [6.07, 6.45) is 2.04. The Balaban J connectivity index is 2.15. The second kappa shape index (κ2) is 5.69. The van der Waals surface area contributed by atoms with Gasteiger partial charge in [0.25, 0.3) is 5.91 Å². The van der Waals surface area contributed by atoms with E-state index in [0.29, 0.717) is 16.9 Å². The van der Waals surface area contributed by atoms with Gasteiger partial charge in [0.15, 0.2) is 11.6 Å². The SMILES string of the molecule is COc1ccc(C(=O)N2CCCC(Br)C2)cc1F. The molecule has 1 unspecified atom stereocenters. The molecule has 0 N–H and O–H groups in total. The molecular formula is C13H15BrFNO2. The molecule has 1 heterocycles. The largest absolute Gasteiger partial charge is 0.494 e. The molecule has 1 atom stereocenters. The molecule has 0 aromatic heterocycles. The molecule has 0 bridgehead atoms. The molecule has 1 aromatic carbocycles. The summed E-state index contributed by atoms with van der Waals surface area (Å²) in [7, 11) is 1.40. The van der Waals surface area contributed by atoms with Crippen molar-refractivity contribution in [1.29, 1.82) is 0 Å². The van der Waals surface area contributed by atoms with Crippen molar-refractivity contribution in [1.82, 2.24) is 4.90 Å². The van der Waals surface area contributed by atoms with Crippen LogP contribution in [-0.4, -0.2) is 35.8 Å². The lowest BCUT2D eigenvalue weighted by molar-refractivity contribution is 0.0729. The number of amides is 1. The van der Waals surface area contributed by atoms with Crippen LogP contribution in [0.25, 0.3) is 0 Å². The third-order valence-corrected chi connectivity index (χ3v) is 3.80. The van der Waals surface area contributed by atoms with Gasteiger partial charge in [-0.1, -0.05) is 15.9 Å². The van der Waals surface area contributed by atoms with Crippen molar-refractivity contribution in [2.45, 2.75) is 17.7 Å². The summed E-state index contributed by atoms with van der Waals surface area (Å²) < 4.78 is 18.4. The zero-order valence-corrected chi connectivity index (χ0v) is 11.7. The number of carbonyl (C=O) groups excluding carboxylic acids is 1. The predicted molar refractivity (Wildman–Crippen MR) is 70.8 cm³/mol. The summed E-state index contributed by atoms with van der Waals surface area (Å²) in [4.78, 5) is 14.3. The molecule has 5 heteroatoms. The highest BCUT2D eigenvalue weighted by molar-refractivity contribution is 9.09. The standard InChI is InChI=1S/C13H15BrFNO2/c1-18-12-5-4-9(7-11(12)15)13(17)16-6-2-3-10(14)8-16/h4-5,7,10H,2-3,6,8H2,1H3. The third kappa shape index (κ3) is 2.83. The van der Waals surface area contributed by atoms with Gasteiger partial charge in [-0.3, -0.25) is 4.79 Å². The van der Waals surface area contributed by atoms with Crippen molar-refractivity contribution in [2.75, 3.05) is 20.2 Å². The van der Waals surface area contributed by atoms with Crippen LogP contribution in [0.1, 0.15) is 23.2 Å². The van der Waals surface area contributed by atoms with Gasteiger partial charge in [0.05, 0.1) is 7.11 Å². The van der Waals surface area contributed by atoms with Gasteiger partial charge in [-0.05, 0) is 31.0 Å². The Morgan fingerprint density at radius 1 is 1.56 bits per heavy atom. The van der Waals surface area contributed by atoms with Crippen LogP contribution in [0.2, 0.25) is 0 Å². The fraction of sp³-hybridized carbons (Fsp3) is 0.462. The Bertz CT molecular complexity index is 453. The Hall–Kier alpha value is -1.10. The van der Waals surface area contributed by atoms with Crippen molar-refractivity contribution in [3.05, 3.63) is 29.6 Å². The summed E-state index contributed by atoms with van der Waals surface area (Å²) in [6, 6.07) is 4.32. The summed E-state index contributed by atoms with van der Waals surface area (Å²) in [5.74, 6) is -0.472. The van der Waals surface area contributed by atoms with E-state index in [1.807, 2.05) is 0 Å². The first-order chi connectivity index (χ1) is 8.61.